The lowest BCUT2D eigenvalue weighted by Crippen LogP contribution is -2.55. The molecular weight excluding hydrogens is 199 g/mol. The molecule has 1 aliphatic heterocycles. The molecule has 3 nitrogen and oxygen atoms in total. The van der Waals surface area contributed by atoms with Crippen molar-refractivity contribution in [1.82, 2.24) is 4.90 Å². The molecule has 14 heavy (non-hydrogen) atoms. The first-order chi connectivity index (χ1) is 6.16. The van der Waals surface area contributed by atoms with Crippen molar-refractivity contribution >= 4 is 11.7 Å². The monoisotopic (exact) mass is 209 g/mol. The van der Waals surface area contributed by atoms with Gasteiger partial charge in [0.1, 0.15) is 5.54 Å². The first-order valence-corrected chi connectivity index (χ1v) is 4.05. The van der Waals surface area contributed by atoms with Crippen molar-refractivity contribution in [2.24, 2.45) is 0 Å². The summed E-state index contributed by atoms with van der Waals surface area (Å²) in [4.78, 5) is 22.5. The Bertz CT molecular complexity index is 283. The third-order valence-corrected chi connectivity index (χ3v) is 2.35. The van der Waals surface area contributed by atoms with E-state index >= 15 is 0 Å². The smallest absolute Gasteiger partial charge is 0.321 e. The average molecular weight is 209 g/mol. The number of nitrogens with zero attached hydrogens (tertiary/aromatic N) is 1. The number of alkyl halides is 3. The Morgan fingerprint density at radius 2 is 1.71 bits per heavy atom. The molecule has 0 bridgehead atoms. The van der Waals surface area contributed by atoms with E-state index in [1.54, 1.807) is 0 Å². The van der Waals surface area contributed by atoms with Crippen LogP contribution < -0.4 is 0 Å². The maximum absolute atomic E-state index is 12.5. The molecule has 0 spiro atoms. The van der Waals surface area contributed by atoms with E-state index in [0.29, 0.717) is 4.90 Å². The van der Waals surface area contributed by atoms with E-state index < -0.39 is 36.4 Å². The SMILES string of the molecule is CC(C)(N1CC(=O)CC1=O)C(F)(F)F. The second kappa shape index (κ2) is 2.96. The van der Waals surface area contributed by atoms with Gasteiger partial charge >= 0.3 is 6.18 Å². The number of carbonyl (C=O) groups is 2. The van der Waals surface area contributed by atoms with Gasteiger partial charge in [-0.3, -0.25) is 9.59 Å². The van der Waals surface area contributed by atoms with Crippen LogP contribution in [0, 0.1) is 0 Å². The molecule has 1 rings (SSSR count). The number of amides is 1. The van der Waals surface area contributed by atoms with Gasteiger partial charge in [0.15, 0.2) is 5.78 Å². The zero-order chi connectivity index (χ0) is 11.1. The second-order valence-corrected chi connectivity index (χ2v) is 3.75. The first-order valence-electron chi connectivity index (χ1n) is 4.05. The number of rotatable bonds is 1. The topological polar surface area (TPSA) is 37.4 Å². The molecule has 1 amide bonds. The molecular formula is C8H10F3NO2. The highest BCUT2D eigenvalue weighted by Gasteiger charge is 2.54. The van der Waals surface area contributed by atoms with Crippen LogP contribution in [0.1, 0.15) is 20.3 Å². The molecule has 1 aliphatic rings. The lowest BCUT2D eigenvalue weighted by atomic mass is 10.0. The van der Waals surface area contributed by atoms with Gasteiger partial charge < -0.3 is 4.90 Å². The predicted molar refractivity (Wildman–Crippen MR) is 41.5 cm³/mol. The van der Waals surface area contributed by atoms with E-state index in [1.165, 1.54) is 0 Å². The zero-order valence-corrected chi connectivity index (χ0v) is 7.81. The molecule has 6 heteroatoms. The quantitative estimate of drug-likeness (QED) is 0.607. The third kappa shape index (κ3) is 1.60. The van der Waals surface area contributed by atoms with Gasteiger partial charge in [-0.05, 0) is 13.8 Å². The normalized spacial score (nSPS) is 19.4. The summed E-state index contributed by atoms with van der Waals surface area (Å²) < 4.78 is 37.4. The van der Waals surface area contributed by atoms with E-state index in [2.05, 4.69) is 0 Å². The minimum absolute atomic E-state index is 0.417. The maximum atomic E-state index is 12.5. The van der Waals surface area contributed by atoms with Crippen molar-refractivity contribution in [1.29, 1.82) is 0 Å². The van der Waals surface area contributed by atoms with E-state index in [9.17, 15) is 22.8 Å². The van der Waals surface area contributed by atoms with Crippen LogP contribution in [0.2, 0.25) is 0 Å². The molecule has 80 valence electrons. The minimum atomic E-state index is -4.52. The van der Waals surface area contributed by atoms with Crippen molar-refractivity contribution in [3.8, 4) is 0 Å². The standard InChI is InChI=1S/C8H10F3NO2/c1-7(2,8(9,10)11)12-4-5(13)3-6(12)14/h3-4H2,1-2H3. The fourth-order valence-electron chi connectivity index (χ4n) is 1.25. The number of hydrogen-bond acceptors (Lipinski definition) is 2. The summed E-state index contributed by atoms with van der Waals surface area (Å²) in [6.45, 7) is 1.35. The lowest BCUT2D eigenvalue weighted by Gasteiger charge is -2.36. The molecule has 0 atom stereocenters. The van der Waals surface area contributed by atoms with E-state index in [4.69, 9.17) is 0 Å². The number of Topliss-reactive ketones (excluding diaryl/α,β-unsaturated/α-hetero) is 1. The van der Waals surface area contributed by atoms with Gasteiger partial charge in [-0.2, -0.15) is 13.2 Å². The largest absolute Gasteiger partial charge is 0.411 e. The number of hydrogen-bond donors (Lipinski definition) is 0. The Morgan fingerprint density at radius 3 is 2.00 bits per heavy atom. The summed E-state index contributed by atoms with van der Waals surface area (Å²) in [6, 6.07) is 0. The highest BCUT2D eigenvalue weighted by Crippen LogP contribution is 2.36. The predicted octanol–water partition coefficient (Wildman–Crippen LogP) is 1.13. The Balaban J connectivity index is 2.94. The average Bonchev–Trinajstić information content (AvgIpc) is 2.27. The van der Waals surface area contributed by atoms with Crippen LogP contribution in [-0.2, 0) is 9.59 Å². The molecule has 0 aliphatic carbocycles. The maximum Gasteiger partial charge on any atom is 0.411 e. The summed E-state index contributed by atoms with van der Waals surface area (Å²) >= 11 is 0. The third-order valence-electron chi connectivity index (χ3n) is 2.35. The number of carbonyl (C=O) groups excluding carboxylic acids is 2. The molecule has 0 saturated carbocycles. The van der Waals surface area contributed by atoms with Gasteiger partial charge in [0.2, 0.25) is 5.91 Å². The Morgan fingerprint density at radius 1 is 1.21 bits per heavy atom. The van der Waals surface area contributed by atoms with Gasteiger partial charge in [0.25, 0.3) is 0 Å². The fraction of sp³-hybridized carbons (Fsp3) is 0.750. The van der Waals surface area contributed by atoms with Crippen LogP contribution >= 0.6 is 0 Å². The van der Waals surface area contributed by atoms with E-state index in [-0.39, 0.29) is 0 Å². The Labute approximate surface area is 78.9 Å². The number of halogens is 3. The Kier molecular flexibility index (Phi) is 2.33. The molecule has 0 aromatic carbocycles. The molecule has 0 aromatic rings. The van der Waals surface area contributed by atoms with Crippen molar-refractivity contribution < 1.29 is 22.8 Å². The van der Waals surface area contributed by atoms with Gasteiger partial charge in [-0.1, -0.05) is 0 Å². The summed E-state index contributed by atoms with van der Waals surface area (Å²) in [7, 11) is 0. The molecule has 0 aromatic heterocycles. The van der Waals surface area contributed by atoms with Gasteiger partial charge in [-0.15, -0.1) is 0 Å². The lowest BCUT2D eigenvalue weighted by molar-refractivity contribution is -0.217. The number of likely N-dealkylation sites (tertiary alicyclic amines) is 1. The molecule has 1 heterocycles. The molecule has 1 saturated heterocycles. The van der Waals surface area contributed by atoms with Crippen LogP contribution in [-0.4, -0.2) is 34.9 Å². The summed E-state index contributed by atoms with van der Waals surface area (Å²) in [5.74, 6) is -1.22. The molecule has 1 fully saturated rings. The summed E-state index contributed by atoms with van der Waals surface area (Å²) in [5.41, 5.74) is -2.27. The van der Waals surface area contributed by atoms with Crippen molar-refractivity contribution in [3.63, 3.8) is 0 Å². The first kappa shape index (κ1) is 11.0. The van der Waals surface area contributed by atoms with Crippen LogP contribution in [0.4, 0.5) is 13.2 Å². The minimum Gasteiger partial charge on any atom is -0.321 e. The highest BCUT2D eigenvalue weighted by atomic mass is 19.4. The zero-order valence-electron chi connectivity index (χ0n) is 7.81. The summed E-state index contributed by atoms with van der Waals surface area (Å²) in [5, 5.41) is 0. The van der Waals surface area contributed by atoms with Crippen molar-refractivity contribution in [2.75, 3.05) is 6.54 Å². The van der Waals surface area contributed by atoms with Gasteiger partial charge in [0.05, 0.1) is 13.0 Å². The second-order valence-electron chi connectivity index (χ2n) is 3.75. The summed E-state index contributed by atoms with van der Waals surface area (Å²) in [6.07, 6.45) is -4.94. The van der Waals surface area contributed by atoms with Crippen molar-refractivity contribution in [2.45, 2.75) is 32.0 Å². The van der Waals surface area contributed by atoms with E-state index in [1.807, 2.05) is 0 Å². The van der Waals surface area contributed by atoms with Crippen molar-refractivity contribution in [3.05, 3.63) is 0 Å². The molecule has 0 radical (unpaired) electrons. The van der Waals surface area contributed by atoms with Crippen LogP contribution in [0.25, 0.3) is 0 Å². The molecule has 0 N–H and O–H groups in total. The van der Waals surface area contributed by atoms with Gasteiger partial charge in [-0.25, -0.2) is 0 Å². The van der Waals surface area contributed by atoms with Crippen LogP contribution in [0.15, 0.2) is 0 Å². The van der Waals surface area contributed by atoms with E-state index in [0.717, 1.165) is 13.8 Å². The van der Waals surface area contributed by atoms with Gasteiger partial charge in [0, 0.05) is 0 Å². The van der Waals surface area contributed by atoms with Crippen LogP contribution in [0.3, 0.4) is 0 Å². The fourth-order valence-corrected chi connectivity index (χ4v) is 1.25. The number of ketones is 1. The highest BCUT2D eigenvalue weighted by molar-refractivity contribution is 6.05. The molecule has 0 unspecified atom stereocenters. The Hall–Kier alpha value is -1.07. The van der Waals surface area contributed by atoms with Crippen LogP contribution in [0.5, 0.6) is 0 Å².